The van der Waals surface area contributed by atoms with Crippen LogP contribution in [0.4, 0.5) is 5.69 Å². The van der Waals surface area contributed by atoms with Crippen molar-refractivity contribution in [1.29, 1.82) is 0 Å². The quantitative estimate of drug-likeness (QED) is 0.521. The number of H-pyrrole nitrogens is 1. The van der Waals surface area contributed by atoms with Crippen LogP contribution in [-0.4, -0.2) is 14.9 Å². The number of aromatic amines is 1. The van der Waals surface area contributed by atoms with Crippen molar-refractivity contribution in [3.8, 4) is 11.4 Å². The molecule has 1 aromatic heterocycles. The van der Waals surface area contributed by atoms with E-state index in [0.717, 1.165) is 22.8 Å². The zero-order valence-electron chi connectivity index (χ0n) is 9.75. The molecule has 96 valence electrons. The lowest BCUT2D eigenvalue weighted by molar-refractivity contribution is -0.384. The molecule has 0 bridgehead atoms. The third kappa shape index (κ3) is 2.26. The number of fused-ring (bicyclic) bond motifs is 1. The SMILES string of the molecule is O=[N+]([O-])c1cccc(-c2nc(=S)c3c([nH]2)CSC3)c1. The van der Waals surface area contributed by atoms with Crippen molar-refractivity contribution < 1.29 is 4.92 Å². The molecule has 2 heterocycles. The smallest absolute Gasteiger partial charge is 0.270 e. The van der Waals surface area contributed by atoms with Crippen LogP contribution in [0.25, 0.3) is 11.4 Å². The van der Waals surface area contributed by atoms with Gasteiger partial charge in [-0.15, -0.1) is 0 Å². The van der Waals surface area contributed by atoms with Crippen LogP contribution in [0.5, 0.6) is 0 Å². The minimum Gasteiger partial charge on any atom is -0.342 e. The Labute approximate surface area is 118 Å². The molecule has 7 heteroatoms. The number of aromatic nitrogens is 2. The summed E-state index contributed by atoms with van der Waals surface area (Å²) in [5, 5.41) is 10.8. The average Bonchev–Trinajstić information content (AvgIpc) is 2.87. The summed E-state index contributed by atoms with van der Waals surface area (Å²) in [7, 11) is 0. The molecule has 0 saturated carbocycles. The highest BCUT2D eigenvalue weighted by Crippen LogP contribution is 2.30. The van der Waals surface area contributed by atoms with Crippen LogP contribution in [0.1, 0.15) is 11.3 Å². The highest BCUT2D eigenvalue weighted by atomic mass is 32.2. The summed E-state index contributed by atoms with van der Waals surface area (Å²) in [6, 6.07) is 6.40. The Balaban J connectivity index is 2.12. The van der Waals surface area contributed by atoms with E-state index in [1.54, 1.807) is 23.9 Å². The number of nitro groups is 1. The largest absolute Gasteiger partial charge is 0.342 e. The topological polar surface area (TPSA) is 71.8 Å². The molecule has 0 radical (unpaired) electrons. The summed E-state index contributed by atoms with van der Waals surface area (Å²) in [6.07, 6.45) is 0. The van der Waals surface area contributed by atoms with Gasteiger partial charge in [0.05, 0.1) is 4.92 Å². The van der Waals surface area contributed by atoms with Gasteiger partial charge in [-0.1, -0.05) is 24.4 Å². The summed E-state index contributed by atoms with van der Waals surface area (Å²) < 4.78 is 0.584. The zero-order chi connectivity index (χ0) is 13.4. The van der Waals surface area contributed by atoms with Crippen molar-refractivity contribution in [3.05, 3.63) is 50.3 Å². The first kappa shape index (κ1) is 12.3. The molecule has 19 heavy (non-hydrogen) atoms. The van der Waals surface area contributed by atoms with Gasteiger partial charge in [-0.05, 0) is 0 Å². The van der Waals surface area contributed by atoms with E-state index >= 15 is 0 Å². The summed E-state index contributed by atoms with van der Waals surface area (Å²) in [5.74, 6) is 2.35. The van der Waals surface area contributed by atoms with E-state index in [9.17, 15) is 10.1 Å². The summed E-state index contributed by atoms with van der Waals surface area (Å²) in [4.78, 5) is 17.9. The van der Waals surface area contributed by atoms with Gasteiger partial charge in [-0.3, -0.25) is 10.1 Å². The predicted octanol–water partition coefficient (Wildman–Crippen LogP) is 3.46. The van der Waals surface area contributed by atoms with Crippen LogP contribution in [0.2, 0.25) is 0 Å². The van der Waals surface area contributed by atoms with Crippen molar-refractivity contribution in [2.75, 3.05) is 0 Å². The number of hydrogen-bond acceptors (Lipinski definition) is 5. The van der Waals surface area contributed by atoms with Gasteiger partial charge in [0.1, 0.15) is 10.5 Å². The molecule has 1 aliphatic heterocycles. The van der Waals surface area contributed by atoms with Gasteiger partial charge in [-0.25, -0.2) is 4.98 Å². The van der Waals surface area contributed by atoms with Crippen LogP contribution in [0, 0.1) is 14.8 Å². The number of rotatable bonds is 2. The lowest BCUT2D eigenvalue weighted by Gasteiger charge is -2.05. The summed E-state index contributed by atoms with van der Waals surface area (Å²) >= 11 is 7.06. The molecular weight excluding hydrogens is 282 g/mol. The molecule has 1 aliphatic rings. The molecule has 5 nitrogen and oxygen atoms in total. The summed E-state index contributed by atoms with van der Waals surface area (Å²) in [5.41, 5.74) is 2.88. The third-order valence-electron chi connectivity index (χ3n) is 2.93. The van der Waals surface area contributed by atoms with Crippen LogP contribution in [-0.2, 0) is 11.5 Å². The Morgan fingerprint density at radius 3 is 3.05 bits per heavy atom. The maximum atomic E-state index is 10.8. The number of nitrogens with one attached hydrogen (secondary N) is 1. The second kappa shape index (κ2) is 4.75. The van der Waals surface area contributed by atoms with Gasteiger partial charge in [-0.2, -0.15) is 11.8 Å². The highest BCUT2D eigenvalue weighted by Gasteiger charge is 2.16. The summed E-state index contributed by atoms with van der Waals surface area (Å²) in [6.45, 7) is 0. The van der Waals surface area contributed by atoms with Crippen molar-refractivity contribution >= 4 is 29.7 Å². The number of thioether (sulfide) groups is 1. The lowest BCUT2D eigenvalue weighted by atomic mass is 10.2. The molecule has 1 aromatic carbocycles. The van der Waals surface area contributed by atoms with Gasteiger partial charge >= 0.3 is 0 Å². The Kier molecular flexibility index (Phi) is 3.08. The molecule has 0 saturated heterocycles. The number of nitrogens with zero attached hydrogens (tertiary/aromatic N) is 2. The molecule has 0 spiro atoms. The van der Waals surface area contributed by atoms with E-state index in [2.05, 4.69) is 9.97 Å². The zero-order valence-corrected chi connectivity index (χ0v) is 11.4. The van der Waals surface area contributed by atoms with E-state index in [1.165, 1.54) is 12.1 Å². The van der Waals surface area contributed by atoms with Crippen LogP contribution >= 0.6 is 24.0 Å². The van der Waals surface area contributed by atoms with Gasteiger partial charge in [0, 0.05) is 40.5 Å². The Morgan fingerprint density at radius 1 is 1.42 bits per heavy atom. The maximum absolute atomic E-state index is 10.8. The van der Waals surface area contributed by atoms with Crippen molar-refractivity contribution in [2.24, 2.45) is 0 Å². The monoisotopic (exact) mass is 291 g/mol. The number of nitro benzene ring substituents is 1. The van der Waals surface area contributed by atoms with Crippen LogP contribution in [0.15, 0.2) is 24.3 Å². The van der Waals surface area contributed by atoms with E-state index in [-0.39, 0.29) is 5.69 Å². The third-order valence-corrected chi connectivity index (χ3v) is 4.25. The first-order valence-corrected chi connectivity index (χ1v) is 7.16. The molecule has 0 aliphatic carbocycles. The first-order valence-electron chi connectivity index (χ1n) is 5.60. The maximum Gasteiger partial charge on any atom is 0.270 e. The second-order valence-electron chi connectivity index (χ2n) is 4.15. The van der Waals surface area contributed by atoms with Crippen molar-refractivity contribution in [2.45, 2.75) is 11.5 Å². The molecule has 0 atom stereocenters. The molecule has 0 unspecified atom stereocenters. The van der Waals surface area contributed by atoms with E-state index < -0.39 is 4.92 Å². The lowest BCUT2D eigenvalue weighted by Crippen LogP contribution is -1.97. The second-order valence-corrected chi connectivity index (χ2v) is 5.52. The molecule has 2 aromatic rings. The van der Waals surface area contributed by atoms with E-state index in [1.807, 2.05) is 0 Å². The minimum atomic E-state index is -0.415. The first-order chi connectivity index (χ1) is 9.15. The fourth-order valence-electron chi connectivity index (χ4n) is 1.98. The van der Waals surface area contributed by atoms with Gasteiger partial charge in [0.25, 0.3) is 5.69 Å². The van der Waals surface area contributed by atoms with Crippen molar-refractivity contribution in [1.82, 2.24) is 9.97 Å². The highest BCUT2D eigenvalue weighted by molar-refractivity contribution is 7.98. The Morgan fingerprint density at radius 2 is 2.26 bits per heavy atom. The normalized spacial score (nSPS) is 13.3. The van der Waals surface area contributed by atoms with E-state index in [0.29, 0.717) is 16.0 Å². The van der Waals surface area contributed by atoms with Gasteiger partial charge < -0.3 is 4.98 Å². The van der Waals surface area contributed by atoms with Gasteiger partial charge in [0.2, 0.25) is 0 Å². The molecule has 0 amide bonds. The molecule has 0 fully saturated rings. The molecule has 1 N–H and O–H groups in total. The Hall–Kier alpha value is -1.73. The molecule has 3 rings (SSSR count). The number of non-ortho nitro benzene ring substituents is 1. The Bertz CT molecular complexity index is 727. The number of hydrogen-bond donors (Lipinski definition) is 1. The van der Waals surface area contributed by atoms with Crippen LogP contribution < -0.4 is 0 Å². The average molecular weight is 291 g/mol. The molecular formula is C12H9N3O2S2. The standard InChI is InChI=1S/C12H9N3O2S2/c16-15(17)8-3-1-2-7(4-8)11-13-10-6-19-5-9(10)12(18)14-11/h1-4H,5-6H2,(H,13,14,18). The fraction of sp³-hybridized carbons (Fsp3) is 0.167. The van der Waals surface area contributed by atoms with Crippen molar-refractivity contribution in [3.63, 3.8) is 0 Å². The van der Waals surface area contributed by atoms with Gasteiger partial charge in [0.15, 0.2) is 0 Å². The number of benzene rings is 1. The fourth-order valence-corrected chi connectivity index (χ4v) is 3.42. The van der Waals surface area contributed by atoms with Crippen LogP contribution in [0.3, 0.4) is 0 Å². The predicted molar refractivity (Wildman–Crippen MR) is 76.5 cm³/mol. The van der Waals surface area contributed by atoms with E-state index in [4.69, 9.17) is 12.2 Å². The minimum absolute atomic E-state index is 0.0495.